The molecule has 24 heavy (non-hydrogen) atoms. The van der Waals surface area contributed by atoms with E-state index in [-0.39, 0.29) is 11.9 Å². The first kappa shape index (κ1) is 20.5. The summed E-state index contributed by atoms with van der Waals surface area (Å²) in [5.74, 6) is 0.494. The molecule has 1 unspecified atom stereocenters. The van der Waals surface area contributed by atoms with Gasteiger partial charge in [-0.15, -0.1) is 0 Å². The first-order valence-electron chi connectivity index (χ1n) is 8.44. The highest BCUT2D eigenvalue weighted by atomic mass is 19.4. The number of guanidine groups is 1. The molecule has 1 heterocycles. The molecule has 0 aliphatic carbocycles. The second-order valence-electron chi connectivity index (χ2n) is 5.84. The Hall–Kier alpha value is -1.51. The summed E-state index contributed by atoms with van der Waals surface area (Å²) in [5, 5.41) is 8.98. The van der Waals surface area contributed by atoms with E-state index in [1.807, 2.05) is 13.8 Å². The monoisotopic (exact) mass is 351 g/mol. The minimum atomic E-state index is -4.17. The van der Waals surface area contributed by atoms with Gasteiger partial charge in [-0.1, -0.05) is 6.92 Å². The number of alkyl halides is 3. The number of carbonyl (C=O) groups is 1. The van der Waals surface area contributed by atoms with E-state index in [0.29, 0.717) is 51.5 Å². The number of nitrogens with one attached hydrogen (secondary N) is 3. The fourth-order valence-corrected chi connectivity index (χ4v) is 2.48. The van der Waals surface area contributed by atoms with Crippen LogP contribution < -0.4 is 16.0 Å². The molecular formula is C15H28F3N5O. The van der Waals surface area contributed by atoms with Gasteiger partial charge < -0.3 is 16.0 Å². The summed E-state index contributed by atoms with van der Waals surface area (Å²) in [6, 6.07) is -0.0703. The first-order valence-corrected chi connectivity index (χ1v) is 8.44. The molecule has 1 saturated heterocycles. The van der Waals surface area contributed by atoms with Gasteiger partial charge >= 0.3 is 6.18 Å². The summed E-state index contributed by atoms with van der Waals surface area (Å²) in [6.45, 7) is 5.40. The molecule has 140 valence electrons. The number of carbonyl (C=O) groups excluding carboxylic acids is 1. The van der Waals surface area contributed by atoms with Crippen LogP contribution in [0.15, 0.2) is 4.99 Å². The van der Waals surface area contributed by atoms with Crippen LogP contribution in [0.5, 0.6) is 0 Å². The first-order chi connectivity index (χ1) is 11.3. The fourth-order valence-electron chi connectivity index (χ4n) is 2.48. The van der Waals surface area contributed by atoms with E-state index in [0.717, 1.165) is 6.42 Å². The lowest BCUT2D eigenvalue weighted by Gasteiger charge is -2.19. The van der Waals surface area contributed by atoms with Gasteiger partial charge in [-0.05, 0) is 19.8 Å². The zero-order valence-electron chi connectivity index (χ0n) is 14.4. The normalized spacial score (nSPS) is 19.4. The SMILES string of the molecule is CCCNC(=O)CCN=C(NCC)NC1CCN(CC(F)(F)F)C1. The Morgan fingerprint density at radius 3 is 2.67 bits per heavy atom. The molecule has 1 rings (SSSR count). The lowest BCUT2D eigenvalue weighted by atomic mass is 10.3. The molecule has 1 atom stereocenters. The molecule has 0 radical (unpaired) electrons. The molecule has 6 nitrogen and oxygen atoms in total. The van der Waals surface area contributed by atoms with E-state index in [2.05, 4.69) is 20.9 Å². The summed E-state index contributed by atoms with van der Waals surface area (Å²) in [5.41, 5.74) is 0. The summed E-state index contributed by atoms with van der Waals surface area (Å²) in [7, 11) is 0. The standard InChI is InChI=1S/C15H28F3N5O/c1-3-7-20-13(24)5-8-21-14(19-4-2)22-12-6-9-23(10-12)11-15(16,17)18/h12H,3-11H2,1-2H3,(H,20,24)(H2,19,21,22). The van der Waals surface area contributed by atoms with Crippen molar-refractivity contribution in [2.75, 3.05) is 39.3 Å². The van der Waals surface area contributed by atoms with Crippen LogP contribution in [-0.2, 0) is 4.79 Å². The molecule has 3 N–H and O–H groups in total. The van der Waals surface area contributed by atoms with E-state index in [9.17, 15) is 18.0 Å². The van der Waals surface area contributed by atoms with E-state index >= 15 is 0 Å². The number of aliphatic imine (C=N–C) groups is 1. The average molecular weight is 351 g/mol. The number of hydrogen-bond donors (Lipinski definition) is 3. The minimum Gasteiger partial charge on any atom is -0.357 e. The van der Waals surface area contributed by atoms with E-state index < -0.39 is 12.7 Å². The van der Waals surface area contributed by atoms with Gasteiger partial charge in [0.15, 0.2) is 5.96 Å². The smallest absolute Gasteiger partial charge is 0.357 e. The van der Waals surface area contributed by atoms with Crippen LogP contribution in [0.25, 0.3) is 0 Å². The molecule has 0 aromatic heterocycles. The topological polar surface area (TPSA) is 68.8 Å². The third kappa shape index (κ3) is 8.95. The van der Waals surface area contributed by atoms with Crippen molar-refractivity contribution in [3.8, 4) is 0 Å². The van der Waals surface area contributed by atoms with Crippen LogP contribution in [0.4, 0.5) is 13.2 Å². The number of hydrogen-bond acceptors (Lipinski definition) is 3. The third-order valence-corrected chi connectivity index (χ3v) is 3.54. The van der Waals surface area contributed by atoms with Crippen molar-refractivity contribution in [2.45, 2.75) is 45.3 Å². The van der Waals surface area contributed by atoms with Gasteiger partial charge in [-0.2, -0.15) is 13.2 Å². The summed E-state index contributed by atoms with van der Waals surface area (Å²) < 4.78 is 37.2. The maximum atomic E-state index is 12.4. The second-order valence-corrected chi connectivity index (χ2v) is 5.84. The molecule has 1 amide bonds. The van der Waals surface area contributed by atoms with Crippen molar-refractivity contribution >= 4 is 11.9 Å². The lowest BCUT2D eigenvalue weighted by Crippen LogP contribution is -2.45. The zero-order valence-corrected chi connectivity index (χ0v) is 14.4. The van der Waals surface area contributed by atoms with Crippen molar-refractivity contribution in [3.05, 3.63) is 0 Å². The largest absolute Gasteiger partial charge is 0.401 e. The molecule has 1 aliphatic heterocycles. The van der Waals surface area contributed by atoms with Gasteiger partial charge in [-0.3, -0.25) is 14.7 Å². The van der Waals surface area contributed by atoms with Gasteiger partial charge in [0, 0.05) is 38.6 Å². The van der Waals surface area contributed by atoms with Crippen LogP contribution in [0.3, 0.4) is 0 Å². The second kappa shape index (κ2) is 10.4. The number of rotatable bonds is 8. The van der Waals surface area contributed by atoms with Crippen molar-refractivity contribution in [3.63, 3.8) is 0 Å². The van der Waals surface area contributed by atoms with Gasteiger partial charge in [0.2, 0.25) is 5.91 Å². The third-order valence-electron chi connectivity index (χ3n) is 3.54. The number of nitrogens with zero attached hydrogens (tertiary/aromatic N) is 2. The predicted octanol–water partition coefficient (Wildman–Crippen LogP) is 1.09. The fraction of sp³-hybridized carbons (Fsp3) is 0.867. The zero-order chi connectivity index (χ0) is 18.0. The predicted molar refractivity (Wildman–Crippen MR) is 87.9 cm³/mol. The highest BCUT2D eigenvalue weighted by molar-refractivity contribution is 5.81. The van der Waals surface area contributed by atoms with Gasteiger partial charge in [-0.25, -0.2) is 0 Å². The molecule has 0 aromatic rings. The number of likely N-dealkylation sites (tertiary alicyclic amines) is 1. The Bertz CT molecular complexity index is 414. The average Bonchev–Trinajstić information content (AvgIpc) is 2.90. The van der Waals surface area contributed by atoms with Crippen molar-refractivity contribution in [1.82, 2.24) is 20.9 Å². The number of halogens is 3. The quantitative estimate of drug-likeness (QED) is 0.452. The Labute approximate surface area is 141 Å². The molecule has 1 aliphatic rings. The maximum absolute atomic E-state index is 12.4. The Morgan fingerprint density at radius 2 is 2.04 bits per heavy atom. The van der Waals surface area contributed by atoms with Gasteiger partial charge in [0.1, 0.15) is 0 Å². The summed E-state index contributed by atoms with van der Waals surface area (Å²) in [4.78, 5) is 17.2. The highest BCUT2D eigenvalue weighted by Gasteiger charge is 2.34. The van der Waals surface area contributed by atoms with Crippen LogP contribution in [0.1, 0.15) is 33.1 Å². The Morgan fingerprint density at radius 1 is 1.29 bits per heavy atom. The van der Waals surface area contributed by atoms with E-state index in [1.165, 1.54) is 4.90 Å². The Kier molecular flexibility index (Phi) is 8.88. The molecule has 0 bridgehead atoms. The van der Waals surface area contributed by atoms with Gasteiger partial charge in [0.25, 0.3) is 0 Å². The minimum absolute atomic E-state index is 0.0475. The van der Waals surface area contributed by atoms with Crippen LogP contribution in [-0.4, -0.2) is 68.3 Å². The van der Waals surface area contributed by atoms with Crippen molar-refractivity contribution < 1.29 is 18.0 Å². The maximum Gasteiger partial charge on any atom is 0.401 e. The molecule has 0 aromatic carbocycles. The van der Waals surface area contributed by atoms with E-state index in [1.54, 1.807) is 0 Å². The molecule has 9 heteroatoms. The summed E-state index contributed by atoms with van der Waals surface area (Å²) in [6.07, 6.45) is -2.35. The van der Waals surface area contributed by atoms with Crippen LogP contribution in [0.2, 0.25) is 0 Å². The molecule has 0 spiro atoms. The van der Waals surface area contributed by atoms with Crippen LogP contribution >= 0.6 is 0 Å². The molecular weight excluding hydrogens is 323 g/mol. The molecule has 0 saturated carbocycles. The van der Waals surface area contributed by atoms with Crippen LogP contribution in [0, 0.1) is 0 Å². The van der Waals surface area contributed by atoms with Gasteiger partial charge in [0.05, 0.1) is 13.1 Å². The summed E-state index contributed by atoms with van der Waals surface area (Å²) >= 11 is 0. The van der Waals surface area contributed by atoms with Crippen molar-refractivity contribution in [2.24, 2.45) is 4.99 Å². The lowest BCUT2D eigenvalue weighted by molar-refractivity contribution is -0.143. The number of amides is 1. The Balaban J connectivity index is 2.40. The highest BCUT2D eigenvalue weighted by Crippen LogP contribution is 2.19. The van der Waals surface area contributed by atoms with E-state index in [4.69, 9.17) is 0 Å². The molecule has 1 fully saturated rings. The van der Waals surface area contributed by atoms with Crippen molar-refractivity contribution in [1.29, 1.82) is 0 Å².